The zero-order valence-electron chi connectivity index (χ0n) is 18.0. The maximum Gasteiger partial charge on any atom is 0.289 e. The van der Waals surface area contributed by atoms with Gasteiger partial charge in [0.15, 0.2) is 11.5 Å². The standard InChI is InChI=1S/C25H25NO5/c1-15-4-6-22-19(12-15)20(27)14-25(31-22)8-10-26(11-9-25)24(28)23-16(2)18-13-17(29-3)5-7-21(18)30-23/h4-7,12-13H,8-11,14H2,1-3H3. The Labute approximate surface area is 180 Å². The number of nitrogens with zero attached hydrogens (tertiary/aromatic N) is 1. The van der Waals surface area contributed by atoms with Crippen LogP contribution in [-0.4, -0.2) is 42.4 Å². The van der Waals surface area contributed by atoms with Gasteiger partial charge in [0.1, 0.15) is 22.7 Å². The molecule has 160 valence electrons. The van der Waals surface area contributed by atoms with Crippen molar-refractivity contribution < 1.29 is 23.5 Å². The van der Waals surface area contributed by atoms with Gasteiger partial charge < -0.3 is 18.8 Å². The van der Waals surface area contributed by atoms with Crippen LogP contribution in [0.4, 0.5) is 0 Å². The molecule has 2 aliphatic rings. The number of carbonyl (C=O) groups is 2. The molecule has 1 saturated heterocycles. The van der Waals surface area contributed by atoms with Gasteiger partial charge in [-0.3, -0.25) is 9.59 Å². The Morgan fingerprint density at radius 3 is 2.61 bits per heavy atom. The Morgan fingerprint density at radius 2 is 1.87 bits per heavy atom. The number of likely N-dealkylation sites (tertiary alicyclic amines) is 1. The van der Waals surface area contributed by atoms with Gasteiger partial charge in [-0.25, -0.2) is 0 Å². The number of hydrogen-bond donors (Lipinski definition) is 0. The zero-order chi connectivity index (χ0) is 21.8. The van der Waals surface area contributed by atoms with Crippen molar-refractivity contribution in [1.82, 2.24) is 4.90 Å². The SMILES string of the molecule is COc1ccc2oc(C(=O)N3CCC4(CC3)CC(=O)c3cc(C)ccc3O4)c(C)c2c1. The first-order valence-electron chi connectivity index (χ1n) is 10.6. The van der Waals surface area contributed by atoms with E-state index < -0.39 is 5.60 Å². The molecule has 3 heterocycles. The van der Waals surface area contributed by atoms with E-state index >= 15 is 0 Å². The average molecular weight is 419 g/mol. The summed E-state index contributed by atoms with van der Waals surface area (Å²) in [7, 11) is 1.61. The number of ether oxygens (including phenoxy) is 2. The Hall–Kier alpha value is -3.28. The second kappa shape index (κ2) is 7.15. The summed E-state index contributed by atoms with van der Waals surface area (Å²) in [5.74, 6) is 1.74. The summed E-state index contributed by atoms with van der Waals surface area (Å²) >= 11 is 0. The normalized spacial score (nSPS) is 17.5. The first-order valence-corrected chi connectivity index (χ1v) is 10.6. The fourth-order valence-corrected chi connectivity index (χ4v) is 4.68. The van der Waals surface area contributed by atoms with E-state index in [1.54, 1.807) is 12.0 Å². The van der Waals surface area contributed by atoms with Crippen LogP contribution in [-0.2, 0) is 0 Å². The highest BCUT2D eigenvalue weighted by molar-refractivity contribution is 6.01. The summed E-state index contributed by atoms with van der Waals surface area (Å²) in [6.45, 7) is 4.91. The van der Waals surface area contributed by atoms with E-state index in [9.17, 15) is 9.59 Å². The highest BCUT2D eigenvalue weighted by Crippen LogP contribution is 2.40. The minimum absolute atomic E-state index is 0.117. The lowest BCUT2D eigenvalue weighted by atomic mass is 9.82. The van der Waals surface area contributed by atoms with Crippen LogP contribution in [0.15, 0.2) is 40.8 Å². The van der Waals surface area contributed by atoms with Crippen molar-refractivity contribution in [2.45, 2.75) is 38.7 Å². The first-order chi connectivity index (χ1) is 14.9. The van der Waals surface area contributed by atoms with Crippen molar-refractivity contribution in [1.29, 1.82) is 0 Å². The Kier molecular flexibility index (Phi) is 4.54. The van der Waals surface area contributed by atoms with E-state index in [-0.39, 0.29) is 11.7 Å². The van der Waals surface area contributed by atoms with E-state index in [0.29, 0.717) is 55.0 Å². The second-order valence-corrected chi connectivity index (χ2v) is 8.60. The van der Waals surface area contributed by atoms with Crippen molar-refractivity contribution >= 4 is 22.7 Å². The van der Waals surface area contributed by atoms with Crippen molar-refractivity contribution in [3.63, 3.8) is 0 Å². The minimum Gasteiger partial charge on any atom is -0.497 e. The highest BCUT2D eigenvalue weighted by Gasteiger charge is 2.44. The third-order valence-corrected chi connectivity index (χ3v) is 6.54. The largest absolute Gasteiger partial charge is 0.497 e. The summed E-state index contributed by atoms with van der Waals surface area (Å²) < 4.78 is 17.5. The predicted octanol–water partition coefficient (Wildman–Crippen LogP) is 4.70. The van der Waals surface area contributed by atoms with Gasteiger partial charge in [-0.05, 0) is 44.2 Å². The third-order valence-electron chi connectivity index (χ3n) is 6.54. The number of carbonyl (C=O) groups excluding carboxylic acids is 2. The molecule has 1 aromatic heterocycles. The second-order valence-electron chi connectivity index (χ2n) is 8.60. The molecule has 0 radical (unpaired) electrons. The number of hydrogen-bond acceptors (Lipinski definition) is 5. The Balaban J connectivity index is 1.34. The van der Waals surface area contributed by atoms with Crippen LogP contribution in [0.2, 0.25) is 0 Å². The van der Waals surface area contributed by atoms with Crippen molar-refractivity contribution in [2.24, 2.45) is 0 Å². The van der Waals surface area contributed by atoms with Crippen LogP contribution >= 0.6 is 0 Å². The summed E-state index contributed by atoms with van der Waals surface area (Å²) in [5, 5.41) is 0.879. The van der Waals surface area contributed by atoms with E-state index in [1.165, 1.54) is 0 Å². The lowest BCUT2D eigenvalue weighted by Gasteiger charge is -2.43. The lowest BCUT2D eigenvalue weighted by molar-refractivity contribution is -0.00641. The maximum atomic E-state index is 13.2. The summed E-state index contributed by atoms with van der Waals surface area (Å²) in [4.78, 5) is 27.8. The fraction of sp³-hybridized carbons (Fsp3) is 0.360. The van der Waals surface area contributed by atoms with Crippen LogP contribution < -0.4 is 9.47 Å². The number of amides is 1. The number of methoxy groups -OCH3 is 1. The smallest absolute Gasteiger partial charge is 0.289 e. The van der Waals surface area contributed by atoms with Crippen LogP contribution in [0, 0.1) is 13.8 Å². The average Bonchev–Trinajstić information content (AvgIpc) is 3.10. The predicted molar refractivity (Wildman–Crippen MR) is 116 cm³/mol. The summed E-state index contributed by atoms with van der Waals surface area (Å²) in [5.41, 5.74) is 2.66. The van der Waals surface area contributed by atoms with Crippen molar-refractivity contribution in [3.05, 3.63) is 58.8 Å². The molecular formula is C25H25NO5. The highest BCUT2D eigenvalue weighted by atomic mass is 16.5. The molecule has 2 aliphatic heterocycles. The van der Waals surface area contributed by atoms with Gasteiger partial charge in [-0.1, -0.05) is 11.6 Å². The molecule has 0 N–H and O–H groups in total. The molecule has 1 fully saturated rings. The van der Waals surface area contributed by atoms with Gasteiger partial charge in [0.25, 0.3) is 5.91 Å². The van der Waals surface area contributed by atoms with E-state index in [0.717, 1.165) is 22.3 Å². The molecule has 6 heteroatoms. The molecule has 0 unspecified atom stereocenters. The van der Waals surface area contributed by atoms with Crippen LogP contribution in [0.1, 0.15) is 51.3 Å². The van der Waals surface area contributed by atoms with E-state index in [2.05, 4.69) is 0 Å². The minimum atomic E-state index is -0.535. The van der Waals surface area contributed by atoms with Gasteiger partial charge in [-0.2, -0.15) is 0 Å². The van der Waals surface area contributed by atoms with Crippen LogP contribution in [0.3, 0.4) is 0 Å². The molecule has 31 heavy (non-hydrogen) atoms. The Morgan fingerprint density at radius 1 is 1.10 bits per heavy atom. The molecule has 0 aliphatic carbocycles. The molecule has 2 aromatic carbocycles. The van der Waals surface area contributed by atoms with Gasteiger partial charge >= 0.3 is 0 Å². The number of fused-ring (bicyclic) bond motifs is 2. The van der Waals surface area contributed by atoms with Gasteiger partial charge in [0, 0.05) is 36.9 Å². The molecule has 6 nitrogen and oxygen atoms in total. The van der Waals surface area contributed by atoms with Crippen molar-refractivity contribution in [3.8, 4) is 11.5 Å². The van der Waals surface area contributed by atoms with Gasteiger partial charge in [0.2, 0.25) is 0 Å². The number of piperidine rings is 1. The molecule has 1 spiro atoms. The number of Topliss-reactive ketones (excluding diaryl/α,β-unsaturated/α-hetero) is 1. The number of aryl methyl sites for hydroxylation is 2. The Bertz CT molecular complexity index is 1200. The van der Waals surface area contributed by atoms with Gasteiger partial charge in [0.05, 0.1) is 19.1 Å². The topological polar surface area (TPSA) is 69.0 Å². The molecule has 0 atom stereocenters. The molecule has 1 amide bonds. The monoisotopic (exact) mass is 419 g/mol. The van der Waals surface area contributed by atoms with Crippen molar-refractivity contribution in [2.75, 3.05) is 20.2 Å². The number of furan rings is 1. The van der Waals surface area contributed by atoms with Gasteiger partial charge in [-0.15, -0.1) is 0 Å². The maximum absolute atomic E-state index is 13.2. The number of benzene rings is 2. The quantitative estimate of drug-likeness (QED) is 0.602. The summed E-state index contributed by atoms with van der Waals surface area (Å²) in [6, 6.07) is 11.3. The number of rotatable bonds is 2. The molecular weight excluding hydrogens is 394 g/mol. The molecule has 3 aromatic rings. The van der Waals surface area contributed by atoms with E-state index in [1.807, 2.05) is 50.2 Å². The molecule has 0 bridgehead atoms. The van der Waals surface area contributed by atoms with E-state index in [4.69, 9.17) is 13.9 Å². The zero-order valence-corrected chi connectivity index (χ0v) is 18.0. The third kappa shape index (κ3) is 3.26. The van der Waals surface area contributed by atoms with Crippen LogP contribution in [0.5, 0.6) is 11.5 Å². The molecule has 0 saturated carbocycles. The number of ketones is 1. The first kappa shape index (κ1) is 19.7. The lowest BCUT2D eigenvalue weighted by Crippen LogP contribution is -2.52. The molecule has 5 rings (SSSR count). The summed E-state index contributed by atoms with van der Waals surface area (Å²) in [6.07, 6.45) is 1.59. The fourth-order valence-electron chi connectivity index (χ4n) is 4.68. The van der Waals surface area contributed by atoms with Crippen LogP contribution in [0.25, 0.3) is 11.0 Å².